The van der Waals surface area contributed by atoms with E-state index in [1.54, 1.807) is 0 Å². The molecule has 3 unspecified atom stereocenters. The zero-order valence-electron chi connectivity index (χ0n) is 10.7. The highest BCUT2D eigenvalue weighted by Crippen LogP contribution is 2.50. The summed E-state index contributed by atoms with van der Waals surface area (Å²) in [6.07, 6.45) is 3.43. The normalized spacial score (nSPS) is 36.8. The van der Waals surface area contributed by atoms with Crippen LogP contribution in [0, 0.1) is 17.3 Å². The highest BCUT2D eigenvalue weighted by atomic mass is 16.2. The van der Waals surface area contributed by atoms with Gasteiger partial charge in [-0.15, -0.1) is 0 Å². The quantitative estimate of drug-likeness (QED) is 0.763. The van der Waals surface area contributed by atoms with Crippen LogP contribution in [0.25, 0.3) is 0 Å². The molecular weight excluding hydrogens is 200 g/mol. The Morgan fingerprint density at radius 3 is 2.75 bits per heavy atom. The molecule has 0 aromatic rings. The Hall–Kier alpha value is -0.570. The van der Waals surface area contributed by atoms with E-state index in [9.17, 15) is 4.79 Å². The van der Waals surface area contributed by atoms with Gasteiger partial charge in [-0.05, 0) is 43.1 Å². The Morgan fingerprint density at radius 2 is 2.19 bits per heavy atom. The number of hydrogen-bond donors (Lipinski definition) is 2. The highest BCUT2D eigenvalue weighted by molar-refractivity contribution is 5.81. The first-order chi connectivity index (χ1) is 7.49. The molecule has 16 heavy (non-hydrogen) atoms. The van der Waals surface area contributed by atoms with Gasteiger partial charge in [0.15, 0.2) is 0 Å². The maximum atomic E-state index is 11.9. The van der Waals surface area contributed by atoms with Crippen molar-refractivity contribution >= 4 is 5.91 Å². The Balaban J connectivity index is 1.71. The fraction of sp³-hybridized carbons (Fsp3) is 0.923. The molecule has 3 heteroatoms. The predicted octanol–water partition coefficient (Wildman–Crippen LogP) is 1.54. The second-order valence-electron chi connectivity index (χ2n) is 6.27. The van der Waals surface area contributed by atoms with Crippen LogP contribution in [0.2, 0.25) is 0 Å². The Labute approximate surface area is 98.4 Å². The van der Waals surface area contributed by atoms with Crippen LogP contribution in [0.4, 0.5) is 0 Å². The summed E-state index contributed by atoms with van der Waals surface area (Å²) in [5, 5.41) is 6.39. The highest BCUT2D eigenvalue weighted by Gasteiger charge is 2.45. The van der Waals surface area contributed by atoms with Crippen LogP contribution in [0.1, 0.15) is 40.0 Å². The van der Waals surface area contributed by atoms with Gasteiger partial charge in [-0.1, -0.05) is 20.8 Å². The molecule has 2 N–H and O–H groups in total. The van der Waals surface area contributed by atoms with Crippen LogP contribution in [0.3, 0.4) is 0 Å². The standard InChI is InChI=1S/C13H24N2O/c1-9-4-5-14-11(6-9)12(16)15-8-10-7-13(10,2)3/h9-11,14H,4-8H2,1-3H3,(H,15,16). The molecule has 1 aliphatic carbocycles. The van der Waals surface area contributed by atoms with E-state index in [-0.39, 0.29) is 11.9 Å². The summed E-state index contributed by atoms with van der Waals surface area (Å²) in [6.45, 7) is 8.60. The smallest absolute Gasteiger partial charge is 0.237 e. The Morgan fingerprint density at radius 1 is 1.50 bits per heavy atom. The minimum Gasteiger partial charge on any atom is -0.354 e. The van der Waals surface area contributed by atoms with E-state index in [2.05, 4.69) is 31.4 Å². The van der Waals surface area contributed by atoms with Gasteiger partial charge in [0.1, 0.15) is 0 Å². The van der Waals surface area contributed by atoms with Gasteiger partial charge in [-0.3, -0.25) is 4.79 Å². The monoisotopic (exact) mass is 224 g/mol. The van der Waals surface area contributed by atoms with Crippen molar-refractivity contribution in [3.8, 4) is 0 Å². The van der Waals surface area contributed by atoms with Crippen molar-refractivity contribution in [2.24, 2.45) is 17.3 Å². The lowest BCUT2D eigenvalue weighted by atomic mass is 9.94. The number of amides is 1. The third-order valence-corrected chi connectivity index (χ3v) is 4.22. The van der Waals surface area contributed by atoms with Crippen molar-refractivity contribution in [3.63, 3.8) is 0 Å². The van der Waals surface area contributed by atoms with Crippen LogP contribution in [-0.4, -0.2) is 25.0 Å². The molecule has 2 rings (SSSR count). The fourth-order valence-corrected chi connectivity index (χ4v) is 2.58. The maximum Gasteiger partial charge on any atom is 0.237 e. The first-order valence-corrected chi connectivity index (χ1v) is 6.50. The molecule has 2 aliphatic rings. The minimum absolute atomic E-state index is 0.0469. The average molecular weight is 224 g/mol. The fourth-order valence-electron chi connectivity index (χ4n) is 2.58. The van der Waals surface area contributed by atoms with Crippen LogP contribution >= 0.6 is 0 Å². The SMILES string of the molecule is CC1CCNC(C(=O)NCC2CC2(C)C)C1. The predicted molar refractivity (Wildman–Crippen MR) is 65.1 cm³/mol. The molecule has 0 bridgehead atoms. The Kier molecular flexibility index (Phi) is 3.24. The third-order valence-electron chi connectivity index (χ3n) is 4.22. The van der Waals surface area contributed by atoms with Crippen molar-refractivity contribution in [1.29, 1.82) is 0 Å². The zero-order chi connectivity index (χ0) is 11.8. The van der Waals surface area contributed by atoms with E-state index >= 15 is 0 Å². The molecule has 92 valence electrons. The summed E-state index contributed by atoms with van der Waals surface area (Å²) >= 11 is 0. The lowest BCUT2D eigenvalue weighted by molar-refractivity contribution is -0.124. The molecule has 1 amide bonds. The molecule has 3 atom stereocenters. The van der Waals surface area contributed by atoms with Gasteiger partial charge < -0.3 is 10.6 Å². The number of nitrogens with one attached hydrogen (secondary N) is 2. The van der Waals surface area contributed by atoms with Gasteiger partial charge in [0, 0.05) is 6.54 Å². The van der Waals surface area contributed by atoms with Crippen LogP contribution < -0.4 is 10.6 Å². The molecule has 0 aromatic heterocycles. The van der Waals surface area contributed by atoms with E-state index < -0.39 is 0 Å². The molecule has 1 saturated carbocycles. The van der Waals surface area contributed by atoms with Gasteiger partial charge >= 0.3 is 0 Å². The summed E-state index contributed by atoms with van der Waals surface area (Å²) in [5.41, 5.74) is 0.459. The Bertz CT molecular complexity index is 275. The van der Waals surface area contributed by atoms with Crippen LogP contribution in [0.5, 0.6) is 0 Å². The van der Waals surface area contributed by atoms with E-state index in [1.807, 2.05) is 0 Å². The van der Waals surface area contributed by atoms with Crippen molar-refractivity contribution in [2.75, 3.05) is 13.1 Å². The molecular formula is C13H24N2O. The largest absolute Gasteiger partial charge is 0.354 e. The topological polar surface area (TPSA) is 41.1 Å². The van der Waals surface area contributed by atoms with Crippen LogP contribution in [-0.2, 0) is 4.79 Å². The van der Waals surface area contributed by atoms with Crippen molar-refractivity contribution in [1.82, 2.24) is 10.6 Å². The van der Waals surface area contributed by atoms with Gasteiger partial charge in [-0.25, -0.2) is 0 Å². The number of carbonyl (C=O) groups is 1. The van der Waals surface area contributed by atoms with Crippen LogP contribution in [0.15, 0.2) is 0 Å². The van der Waals surface area contributed by atoms with Crippen molar-refractivity contribution < 1.29 is 4.79 Å². The number of piperidine rings is 1. The summed E-state index contributed by atoms with van der Waals surface area (Å²) in [7, 11) is 0. The average Bonchev–Trinajstić information content (AvgIpc) is 2.83. The first-order valence-electron chi connectivity index (χ1n) is 6.50. The molecule has 2 fully saturated rings. The molecule has 3 nitrogen and oxygen atoms in total. The van der Waals surface area contributed by atoms with E-state index in [4.69, 9.17) is 0 Å². The van der Waals surface area contributed by atoms with Gasteiger partial charge in [-0.2, -0.15) is 0 Å². The van der Waals surface area contributed by atoms with Crippen molar-refractivity contribution in [2.45, 2.75) is 46.1 Å². The first kappa shape index (κ1) is 11.9. The summed E-state index contributed by atoms with van der Waals surface area (Å²) in [5.74, 6) is 1.57. The van der Waals surface area contributed by atoms with E-state index in [0.717, 1.165) is 19.5 Å². The van der Waals surface area contributed by atoms with Gasteiger partial charge in [0.05, 0.1) is 6.04 Å². The summed E-state index contributed by atoms with van der Waals surface area (Å²) in [6, 6.07) is 0.0469. The number of rotatable bonds is 3. The molecule has 1 heterocycles. The lowest BCUT2D eigenvalue weighted by Gasteiger charge is -2.27. The summed E-state index contributed by atoms with van der Waals surface area (Å²) in [4.78, 5) is 11.9. The zero-order valence-corrected chi connectivity index (χ0v) is 10.7. The minimum atomic E-state index is 0.0469. The summed E-state index contributed by atoms with van der Waals surface area (Å²) < 4.78 is 0. The second-order valence-corrected chi connectivity index (χ2v) is 6.27. The van der Waals surface area contributed by atoms with Gasteiger partial charge in [0.25, 0.3) is 0 Å². The maximum absolute atomic E-state index is 11.9. The molecule has 1 saturated heterocycles. The third kappa shape index (κ3) is 2.76. The van der Waals surface area contributed by atoms with Gasteiger partial charge in [0.2, 0.25) is 5.91 Å². The lowest BCUT2D eigenvalue weighted by Crippen LogP contribution is -2.48. The molecule has 0 aromatic carbocycles. The molecule has 0 spiro atoms. The molecule has 1 aliphatic heterocycles. The van der Waals surface area contributed by atoms with E-state index in [0.29, 0.717) is 17.3 Å². The van der Waals surface area contributed by atoms with Crippen molar-refractivity contribution in [3.05, 3.63) is 0 Å². The second kappa shape index (κ2) is 4.36. The number of carbonyl (C=O) groups excluding carboxylic acids is 1. The molecule has 0 radical (unpaired) electrons. The number of hydrogen-bond acceptors (Lipinski definition) is 2. The van der Waals surface area contributed by atoms with E-state index in [1.165, 1.54) is 12.8 Å².